The quantitative estimate of drug-likeness (QED) is 0.917. The van der Waals surface area contributed by atoms with Crippen LogP contribution in [-0.4, -0.2) is 4.98 Å². The number of nitrogens with zero attached hydrogens (tertiary/aromatic N) is 1. The van der Waals surface area contributed by atoms with Crippen molar-refractivity contribution in [1.29, 1.82) is 0 Å². The van der Waals surface area contributed by atoms with E-state index >= 15 is 0 Å². The summed E-state index contributed by atoms with van der Waals surface area (Å²) >= 11 is 5.82. The third kappa shape index (κ3) is 3.22. The molecular formula is C14H15ClN2O. The second kappa shape index (κ2) is 5.85. The molecule has 3 nitrogen and oxygen atoms in total. The van der Waals surface area contributed by atoms with Gasteiger partial charge in [0.05, 0.1) is 0 Å². The molecule has 0 atom stereocenters. The zero-order valence-electron chi connectivity index (χ0n) is 10.2. The average Bonchev–Trinajstić information content (AvgIpc) is 2.41. The van der Waals surface area contributed by atoms with Crippen molar-refractivity contribution >= 4 is 11.6 Å². The van der Waals surface area contributed by atoms with Gasteiger partial charge in [-0.2, -0.15) is 0 Å². The van der Waals surface area contributed by atoms with E-state index in [0.717, 1.165) is 17.7 Å². The van der Waals surface area contributed by atoms with E-state index in [0.29, 0.717) is 23.2 Å². The van der Waals surface area contributed by atoms with Crippen LogP contribution >= 0.6 is 11.6 Å². The molecule has 4 heteroatoms. The van der Waals surface area contributed by atoms with Crippen LogP contribution in [0.5, 0.6) is 11.6 Å². The number of hydrogen-bond donors (Lipinski definition) is 1. The molecule has 18 heavy (non-hydrogen) atoms. The standard InChI is InChI=1S/C14H15ClN2O/c1-2-12-7-10(9-16)8-14(17-12)18-13-5-3-11(15)4-6-13/h3-8H,2,9,16H2,1H3. The Kier molecular flexibility index (Phi) is 4.18. The van der Waals surface area contributed by atoms with Crippen molar-refractivity contribution in [1.82, 2.24) is 4.98 Å². The number of hydrogen-bond acceptors (Lipinski definition) is 3. The maximum Gasteiger partial charge on any atom is 0.219 e. The van der Waals surface area contributed by atoms with Gasteiger partial charge in [0.25, 0.3) is 0 Å². The number of halogens is 1. The molecule has 1 aromatic heterocycles. The lowest BCUT2D eigenvalue weighted by atomic mass is 10.2. The Labute approximate surface area is 112 Å². The molecule has 0 spiro atoms. The van der Waals surface area contributed by atoms with Gasteiger partial charge in [0.15, 0.2) is 0 Å². The molecule has 94 valence electrons. The van der Waals surface area contributed by atoms with Crippen LogP contribution in [0.25, 0.3) is 0 Å². The van der Waals surface area contributed by atoms with Gasteiger partial charge in [0, 0.05) is 23.3 Å². The van der Waals surface area contributed by atoms with Crippen molar-refractivity contribution in [2.75, 3.05) is 0 Å². The monoisotopic (exact) mass is 262 g/mol. The molecule has 2 N–H and O–H groups in total. The van der Waals surface area contributed by atoms with Crippen LogP contribution in [-0.2, 0) is 13.0 Å². The molecule has 0 aliphatic carbocycles. The van der Waals surface area contributed by atoms with Crippen molar-refractivity contribution < 1.29 is 4.74 Å². The molecule has 0 aliphatic heterocycles. The van der Waals surface area contributed by atoms with Crippen molar-refractivity contribution in [2.24, 2.45) is 5.73 Å². The topological polar surface area (TPSA) is 48.1 Å². The van der Waals surface area contributed by atoms with Crippen molar-refractivity contribution in [3.63, 3.8) is 0 Å². The van der Waals surface area contributed by atoms with Gasteiger partial charge in [-0.15, -0.1) is 0 Å². The molecule has 0 fully saturated rings. The highest BCUT2D eigenvalue weighted by Gasteiger charge is 2.03. The molecule has 0 radical (unpaired) electrons. The number of nitrogens with two attached hydrogens (primary N) is 1. The summed E-state index contributed by atoms with van der Waals surface area (Å²) in [4.78, 5) is 4.41. The van der Waals surface area contributed by atoms with Gasteiger partial charge in [-0.05, 0) is 42.3 Å². The van der Waals surface area contributed by atoms with Crippen molar-refractivity contribution in [3.8, 4) is 11.6 Å². The van der Waals surface area contributed by atoms with E-state index in [-0.39, 0.29) is 0 Å². The van der Waals surface area contributed by atoms with E-state index in [1.165, 1.54) is 0 Å². The van der Waals surface area contributed by atoms with E-state index in [4.69, 9.17) is 22.1 Å². The molecule has 0 saturated heterocycles. The Morgan fingerprint density at radius 3 is 2.56 bits per heavy atom. The smallest absolute Gasteiger partial charge is 0.219 e. The van der Waals surface area contributed by atoms with Crippen LogP contribution < -0.4 is 10.5 Å². The molecule has 0 unspecified atom stereocenters. The molecule has 1 aromatic carbocycles. The third-order valence-corrected chi connectivity index (χ3v) is 2.80. The number of aromatic nitrogens is 1. The maximum atomic E-state index is 5.82. The van der Waals surface area contributed by atoms with Gasteiger partial charge in [0.2, 0.25) is 5.88 Å². The molecule has 0 saturated carbocycles. The minimum atomic E-state index is 0.479. The van der Waals surface area contributed by atoms with E-state index < -0.39 is 0 Å². The first-order chi connectivity index (χ1) is 8.71. The summed E-state index contributed by atoms with van der Waals surface area (Å²) in [7, 11) is 0. The first-order valence-corrected chi connectivity index (χ1v) is 6.22. The molecule has 2 aromatic rings. The van der Waals surface area contributed by atoms with Crippen LogP contribution in [0, 0.1) is 0 Å². The molecule has 0 bridgehead atoms. The van der Waals surface area contributed by atoms with Gasteiger partial charge >= 0.3 is 0 Å². The van der Waals surface area contributed by atoms with E-state index in [9.17, 15) is 0 Å². The zero-order chi connectivity index (χ0) is 13.0. The fourth-order valence-corrected chi connectivity index (χ4v) is 1.72. The van der Waals surface area contributed by atoms with Crippen LogP contribution in [0.4, 0.5) is 0 Å². The average molecular weight is 263 g/mol. The first-order valence-electron chi connectivity index (χ1n) is 5.84. The number of benzene rings is 1. The Bertz CT molecular complexity index is 504. The Morgan fingerprint density at radius 1 is 1.22 bits per heavy atom. The number of rotatable bonds is 4. The normalized spacial score (nSPS) is 10.4. The van der Waals surface area contributed by atoms with E-state index in [1.54, 1.807) is 12.1 Å². The maximum absolute atomic E-state index is 5.82. The number of pyridine rings is 1. The molecular weight excluding hydrogens is 248 g/mol. The Hall–Kier alpha value is -1.58. The Balaban J connectivity index is 2.25. The summed E-state index contributed by atoms with van der Waals surface area (Å²) in [5.41, 5.74) is 7.65. The lowest BCUT2D eigenvalue weighted by Crippen LogP contribution is -2.00. The predicted molar refractivity (Wildman–Crippen MR) is 73.0 cm³/mol. The molecule has 0 aliphatic rings. The van der Waals surface area contributed by atoms with Gasteiger partial charge < -0.3 is 10.5 Å². The first kappa shape index (κ1) is 12.9. The summed E-state index contributed by atoms with van der Waals surface area (Å²) in [5.74, 6) is 1.28. The summed E-state index contributed by atoms with van der Waals surface area (Å²) in [5, 5.41) is 0.681. The van der Waals surface area contributed by atoms with E-state index in [1.807, 2.05) is 24.3 Å². The molecule has 2 rings (SSSR count). The van der Waals surface area contributed by atoms with Gasteiger partial charge in [0.1, 0.15) is 5.75 Å². The summed E-state index contributed by atoms with van der Waals surface area (Å²) in [6.45, 7) is 2.53. The van der Waals surface area contributed by atoms with Gasteiger partial charge in [-0.3, -0.25) is 0 Å². The SMILES string of the molecule is CCc1cc(CN)cc(Oc2ccc(Cl)cc2)n1. The lowest BCUT2D eigenvalue weighted by molar-refractivity contribution is 0.460. The third-order valence-electron chi connectivity index (χ3n) is 2.55. The minimum absolute atomic E-state index is 0.479. The fraction of sp³-hybridized carbons (Fsp3) is 0.214. The number of aryl methyl sites for hydroxylation is 1. The van der Waals surface area contributed by atoms with Crippen molar-refractivity contribution in [2.45, 2.75) is 19.9 Å². The largest absolute Gasteiger partial charge is 0.439 e. The minimum Gasteiger partial charge on any atom is -0.439 e. The fourth-order valence-electron chi connectivity index (χ4n) is 1.59. The second-order valence-corrected chi connectivity index (χ2v) is 4.36. The van der Waals surface area contributed by atoms with E-state index in [2.05, 4.69) is 11.9 Å². The highest BCUT2D eigenvalue weighted by Crippen LogP contribution is 2.23. The molecule has 1 heterocycles. The predicted octanol–water partition coefficient (Wildman–Crippen LogP) is 3.55. The lowest BCUT2D eigenvalue weighted by Gasteiger charge is -2.08. The summed E-state index contributed by atoms with van der Waals surface area (Å²) in [6, 6.07) is 11.0. The summed E-state index contributed by atoms with van der Waals surface area (Å²) < 4.78 is 5.69. The second-order valence-electron chi connectivity index (χ2n) is 3.92. The highest BCUT2D eigenvalue weighted by atomic mass is 35.5. The zero-order valence-corrected chi connectivity index (χ0v) is 10.9. The van der Waals surface area contributed by atoms with Crippen LogP contribution in [0.3, 0.4) is 0 Å². The van der Waals surface area contributed by atoms with Crippen LogP contribution in [0.1, 0.15) is 18.2 Å². The van der Waals surface area contributed by atoms with Crippen molar-refractivity contribution in [3.05, 3.63) is 52.7 Å². The molecule has 0 amide bonds. The van der Waals surface area contributed by atoms with Gasteiger partial charge in [-0.1, -0.05) is 18.5 Å². The van der Waals surface area contributed by atoms with Gasteiger partial charge in [-0.25, -0.2) is 4.98 Å². The van der Waals surface area contributed by atoms with Crippen LogP contribution in [0.15, 0.2) is 36.4 Å². The highest BCUT2D eigenvalue weighted by molar-refractivity contribution is 6.30. The summed E-state index contributed by atoms with van der Waals surface area (Å²) in [6.07, 6.45) is 0.852. The Morgan fingerprint density at radius 2 is 1.94 bits per heavy atom. The van der Waals surface area contributed by atoms with Crippen LogP contribution in [0.2, 0.25) is 5.02 Å². The number of ether oxygens (including phenoxy) is 1.